The van der Waals surface area contributed by atoms with Gasteiger partial charge in [0.05, 0.1) is 22.6 Å². The van der Waals surface area contributed by atoms with Crippen LogP contribution in [0.4, 0.5) is 0 Å². The fourth-order valence-electron chi connectivity index (χ4n) is 2.08. The highest BCUT2D eigenvalue weighted by atomic mass is 79.9. The lowest BCUT2D eigenvalue weighted by atomic mass is 9.80. The summed E-state index contributed by atoms with van der Waals surface area (Å²) in [6.45, 7) is 0. The standard InChI is InChI=1S/C10H11BrO3/c11-8-3-1-2-7-9(13)6(4-12)5-14-10(7)8/h4-5,7-8,10H,1-3H2. The zero-order valence-corrected chi connectivity index (χ0v) is 9.20. The smallest absolute Gasteiger partial charge is 0.176 e. The van der Waals surface area contributed by atoms with Crippen LogP contribution in [-0.4, -0.2) is 23.0 Å². The Morgan fingerprint density at radius 1 is 1.50 bits per heavy atom. The van der Waals surface area contributed by atoms with Gasteiger partial charge in [0.25, 0.3) is 0 Å². The van der Waals surface area contributed by atoms with Crippen LogP contribution in [0.2, 0.25) is 0 Å². The quantitative estimate of drug-likeness (QED) is 0.408. The number of fused-ring (bicyclic) bond motifs is 1. The average Bonchev–Trinajstić information content (AvgIpc) is 2.20. The van der Waals surface area contributed by atoms with Crippen molar-refractivity contribution in [2.75, 3.05) is 0 Å². The summed E-state index contributed by atoms with van der Waals surface area (Å²) < 4.78 is 5.41. The highest BCUT2D eigenvalue weighted by Gasteiger charge is 2.41. The molecule has 1 heterocycles. The van der Waals surface area contributed by atoms with Crippen LogP contribution < -0.4 is 0 Å². The number of Topliss-reactive ketones (excluding diaryl/α,β-unsaturated/α-hetero) is 1. The zero-order valence-electron chi connectivity index (χ0n) is 7.61. The third-order valence-electron chi connectivity index (χ3n) is 2.85. The van der Waals surface area contributed by atoms with Gasteiger partial charge in [0, 0.05) is 0 Å². The van der Waals surface area contributed by atoms with E-state index >= 15 is 0 Å². The Hall–Kier alpha value is -0.640. The minimum absolute atomic E-state index is 0.0552. The maximum atomic E-state index is 11.7. The number of ketones is 1. The van der Waals surface area contributed by atoms with E-state index in [1.807, 2.05) is 0 Å². The van der Waals surface area contributed by atoms with Crippen LogP contribution in [0.25, 0.3) is 0 Å². The Balaban J connectivity index is 2.24. The fourth-order valence-corrected chi connectivity index (χ4v) is 2.90. The molecule has 4 heteroatoms. The summed E-state index contributed by atoms with van der Waals surface area (Å²) in [7, 11) is 0. The van der Waals surface area contributed by atoms with Crippen LogP contribution in [0.1, 0.15) is 19.3 Å². The topological polar surface area (TPSA) is 43.4 Å². The van der Waals surface area contributed by atoms with Gasteiger partial charge in [-0.25, -0.2) is 0 Å². The molecule has 1 fully saturated rings. The lowest BCUT2D eigenvalue weighted by Gasteiger charge is -2.36. The molecule has 0 saturated heterocycles. The van der Waals surface area contributed by atoms with Crippen molar-refractivity contribution in [2.24, 2.45) is 5.92 Å². The van der Waals surface area contributed by atoms with E-state index in [0.29, 0.717) is 6.29 Å². The van der Waals surface area contributed by atoms with Crippen LogP contribution >= 0.6 is 15.9 Å². The first-order chi connectivity index (χ1) is 6.74. The molecule has 0 radical (unpaired) electrons. The van der Waals surface area contributed by atoms with Gasteiger partial charge >= 0.3 is 0 Å². The van der Waals surface area contributed by atoms with E-state index in [4.69, 9.17) is 4.74 Å². The molecule has 3 atom stereocenters. The summed E-state index contributed by atoms with van der Waals surface area (Å²) in [4.78, 5) is 22.5. The number of carbonyl (C=O) groups excluding carboxylic acids is 2. The molecule has 0 N–H and O–H groups in total. The summed E-state index contributed by atoms with van der Waals surface area (Å²) >= 11 is 3.50. The van der Waals surface area contributed by atoms with Gasteiger partial charge in [-0.1, -0.05) is 22.4 Å². The molecule has 0 aromatic carbocycles. The van der Waals surface area contributed by atoms with E-state index in [-0.39, 0.29) is 28.2 Å². The molecule has 1 aliphatic heterocycles. The summed E-state index contributed by atoms with van der Waals surface area (Å²) in [5.74, 6) is -0.182. The molecule has 0 bridgehead atoms. The molecule has 2 rings (SSSR count). The van der Waals surface area contributed by atoms with Crippen LogP contribution in [0.15, 0.2) is 11.8 Å². The number of alkyl halides is 1. The van der Waals surface area contributed by atoms with Crippen molar-refractivity contribution >= 4 is 28.0 Å². The molecule has 1 aliphatic carbocycles. The normalized spacial score (nSPS) is 36.8. The second-order valence-corrected chi connectivity index (χ2v) is 4.89. The van der Waals surface area contributed by atoms with Gasteiger partial charge in [0.1, 0.15) is 6.10 Å². The summed E-state index contributed by atoms with van der Waals surface area (Å²) in [5, 5.41) is 0. The summed E-state index contributed by atoms with van der Waals surface area (Å²) in [6, 6.07) is 0. The van der Waals surface area contributed by atoms with E-state index in [1.54, 1.807) is 0 Å². The molecule has 0 spiro atoms. The maximum Gasteiger partial charge on any atom is 0.176 e. The Bertz CT molecular complexity index is 298. The van der Waals surface area contributed by atoms with Gasteiger partial charge in [-0.2, -0.15) is 0 Å². The second kappa shape index (κ2) is 3.85. The van der Waals surface area contributed by atoms with Gasteiger partial charge < -0.3 is 4.74 Å². The van der Waals surface area contributed by atoms with Crippen molar-refractivity contribution in [1.29, 1.82) is 0 Å². The Morgan fingerprint density at radius 2 is 2.29 bits per heavy atom. The van der Waals surface area contributed by atoms with Gasteiger partial charge in [0.15, 0.2) is 12.1 Å². The van der Waals surface area contributed by atoms with E-state index in [1.165, 1.54) is 6.26 Å². The van der Waals surface area contributed by atoms with E-state index < -0.39 is 0 Å². The highest BCUT2D eigenvalue weighted by molar-refractivity contribution is 9.09. The van der Waals surface area contributed by atoms with Crippen LogP contribution in [-0.2, 0) is 14.3 Å². The number of rotatable bonds is 1. The molecular formula is C10H11BrO3. The van der Waals surface area contributed by atoms with Crippen molar-refractivity contribution in [2.45, 2.75) is 30.2 Å². The zero-order chi connectivity index (χ0) is 10.1. The number of halogens is 1. The molecule has 0 aromatic rings. The molecule has 3 unspecified atom stereocenters. The minimum atomic E-state index is -0.127. The molecule has 0 aromatic heterocycles. The molecule has 1 saturated carbocycles. The number of hydrogen-bond acceptors (Lipinski definition) is 3. The number of carbonyl (C=O) groups is 2. The highest BCUT2D eigenvalue weighted by Crippen LogP contribution is 2.36. The van der Waals surface area contributed by atoms with Crippen molar-refractivity contribution in [3.8, 4) is 0 Å². The molecule has 2 aliphatic rings. The van der Waals surface area contributed by atoms with E-state index in [9.17, 15) is 9.59 Å². The number of hydrogen-bond donors (Lipinski definition) is 0. The lowest BCUT2D eigenvalue weighted by molar-refractivity contribution is -0.128. The summed E-state index contributed by atoms with van der Waals surface area (Å²) in [6.07, 6.45) is 4.67. The second-order valence-electron chi connectivity index (χ2n) is 3.71. The van der Waals surface area contributed by atoms with Crippen molar-refractivity contribution < 1.29 is 14.3 Å². The van der Waals surface area contributed by atoms with E-state index in [2.05, 4.69) is 15.9 Å². The summed E-state index contributed by atoms with van der Waals surface area (Å²) in [5.41, 5.74) is 0.174. The third-order valence-corrected chi connectivity index (χ3v) is 3.83. The monoisotopic (exact) mass is 258 g/mol. The number of aldehydes is 1. The van der Waals surface area contributed by atoms with Crippen molar-refractivity contribution in [1.82, 2.24) is 0 Å². The molecule has 14 heavy (non-hydrogen) atoms. The first kappa shape index (κ1) is 9.90. The molecule has 0 amide bonds. The number of ether oxygens (including phenoxy) is 1. The minimum Gasteiger partial charge on any atom is -0.495 e. The largest absolute Gasteiger partial charge is 0.495 e. The van der Waals surface area contributed by atoms with Crippen molar-refractivity contribution in [3.63, 3.8) is 0 Å². The predicted molar refractivity (Wildman–Crippen MR) is 54.1 cm³/mol. The Labute approximate surface area is 90.6 Å². The average molecular weight is 259 g/mol. The van der Waals surface area contributed by atoms with Gasteiger partial charge in [-0.05, 0) is 12.8 Å². The first-order valence-corrected chi connectivity index (χ1v) is 5.64. The van der Waals surface area contributed by atoms with Crippen LogP contribution in [0.3, 0.4) is 0 Å². The first-order valence-electron chi connectivity index (χ1n) is 4.73. The predicted octanol–water partition coefficient (Wildman–Crippen LogP) is 1.60. The van der Waals surface area contributed by atoms with Gasteiger partial charge in [0.2, 0.25) is 0 Å². The Morgan fingerprint density at radius 3 is 3.00 bits per heavy atom. The SMILES string of the molecule is O=CC1=COC2C(Br)CCCC2C1=O. The Kier molecular flexibility index (Phi) is 2.72. The van der Waals surface area contributed by atoms with Crippen molar-refractivity contribution in [3.05, 3.63) is 11.8 Å². The van der Waals surface area contributed by atoms with Crippen LogP contribution in [0.5, 0.6) is 0 Å². The third kappa shape index (κ3) is 1.52. The number of allylic oxidation sites excluding steroid dienone is 1. The maximum absolute atomic E-state index is 11.7. The van der Waals surface area contributed by atoms with Gasteiger partial charge in [-0.3, -0.25) is 9.59 Å². The molecule has 76 valence electrons. The van der Waals surface area contributed by atoms with E-state index in [0.717, 1.165) is 19.3 Å². The lowest BCUT2D eigenvalue weighted by Crippen LogP contribution is -2.43. The fraction of sp³-hybridized carbons (Fsp3) is 0.600. The van der Waals surface area contributed by atoms with Crippen LogP contribution in [0, 0.1) is 5.92 Å². The molecule has 3 nitrogen and oxygen atoms in total. The molecular weight excluding hydrogens is 248 g/mol. The van der Waals surface area contributed by atoms with Gasteiger partial charge in [-0.15, -0.1) is 0 Å².